The Morgan fingerprint density at radius 1 is 1.07 bits per heavy atom. The van der Waals surface area contributed by atoms with E-state index in [1.165, 1.54) is 21.8 Å². The molecule has 156 valence electrons. The predicted octanol–water partition coefficient (Wildman–Crippen LogP) is 4.63. The summed E-state index contributed by atoms with van der Waals surface area (Å²) in [7, 11) is 1.66. The zero-order valence-electron chi connectivity index (χ0n) is 17.9. The number of hydrogen-bond acceptors (Lipinski definition) is 4. The molecular formula is C24H27N3O2S. The van der Waals surface area contributed by atoms with Gasteiger partial charge in [-0.25, -0.2) is 4.98 Å². The Morgan fingerprint density at radius 3 is 2.47 bits per heavy atom. The molecule has 6 heteroatoms. The van der Waals surface area contributed by atoms with Crippen molar-refractivity contribution in [3.8, 4) is 11.3 Å². The maximum absolute atomic E-state index is 12.8. The first-order chi connectivity index (χ1) is 14.4. The third-order valence-corrected chi connectivity index (χ3v) is 5.89. The molecule has 0 spiro atoms. The largest absolute Gasteiger partial charge is 0.336 e. The number of nitrogens with zero attached hydrogens (tertiary/aromatic N) is 2. The van der Waals surface area contributed by atoms with E-state index in [4.69, 9.17) is 0 Å². The molecule has 0 aliphatic heterocycles. The number of thiazole rings is 1. The van der Waals surface area contributed by atoms with E-state index in [0.717, 1.165) is 38.8 Å². The summed E-state index contributed by atoms with van der Waals surface area (Å²) in [6.45, 7) is 6.04. The molecule has 1 N–H and O–H groups in total. The smallest absolute Gasteiger partial charge is 0.243 e. The first kappa shape index (κ1) is 21.7. The van der Waals surface area contributed by atoms with Crippen molar-refractivity contribution in [2.45, 2.75) is 33.6 Å². The number of para-hydroxylation sites is 1. The molecule has 1 heterocycles. The number of likely N-dealkylation sites (N-methyl/N-ethyl adjacent to an activating group) is 1. The van der Waals surface area contributed by atoms with Crippen molar-refractivity contribution in [2.75, 3.05) is 18.9 Å². The summed E-state index contributed by atoms with van der Waals surface area (Å²) in [5, 5.41) is 3.84. The number of carbonyl (C=O) groups excluding carboxylic acids is 2. The van der Waals surface area contributed by atoms with Gasteiger partial charge in [0.25, 0.3) is 0 Å². The van der Waals surface area contributed by atoms with Crippen LogP contribution in [0, 0.1) is 13.8 Å². The monoisotopic (exact) mass is 421 g/mol. The number of benzene rings is 2. The minimum atomic E-state index is -0.203. The van der Waals surface area contributed by atoms with Crippen LogP contribution in [-0.2, 0) is 22.4 Å². The standard InChI is InChI=1S/C24H27N3O2S/c1-5-18-8-6-7-9-20(18)26-22(28)15-27(4)23(29)14-21-24(25-17(3)30-21)19-12-10-16(2)11-13-19/h6-13H,5,14-15H2,1-4H3,(H,26,28). The van der Waals surface area contributed by atoms with Crippen LogP contribution >= 0.6 is 11.3 Å². The van der Waals surface area contributed by atoms with Gasteiger partial charge in [-0.2, -0.15) is 0 Å². The summed E-state index contributed by atoms with van der Waals surface area (Å²) in [4.78, 5) is 32.3. The summed E-state index contributed by atoms with van der Waals surface area (Å²) in [6.07, 6.45) is 1.06. The van der Waals surface area contributed by atoms with Crippen LogP contribution in [0.3, 0.4) is 0 Å². The lowest BCUT2D eigenvalue weighted by atomic mass is 10.1. The van der Waals surface area contributed by atoms with Gasteiger partial charge in [-0.1, -0.05) is 55.0 Å². The Balaban J connectivity index is 1.66. The minimum absolute atomic E-state index is 0.00847. The number of carbonyl (C=O) groups is 2. The normalized spacial score (nSPS) is 10.7. The summed E-state index contributed by atoms with van der Waals surface area (Å²) in [5.74, 6) is -0.308. The highest BCUT2D eigenvalue weighted by molar-refractivity contribution is 7.12. The van der Waals surface area contributed by atoms with Crippen LogP contribution in [0.1, 0.15) is 27.9 Å². The molecule has 0 atom stereocenters. The second kappa shape index (κ2) is 9.67. The second-order valence-corrected chi connectivity index (χ2v) is 8.64. The number of amides is 2. The molecule has 2 aromatic carbocycles. The third-order valence-electron chi connectivity index (χ3n) is 4.92. The highest BCUT2D eigenvalue weighted by Gasteiger charge is 2.19. The van der Waals surface area contributed by atoms with Gasteiger partial charge in [0.2, 0.25) is 11.8 Å². The van der Waals surface area contributed by atoms with Crippen LogP contribution in [0.15, 0.2) is 48.5 Å². The second-order valence-electron chi connectivity index (χ2n) is 7.36. The number of aryl methyl sites for hydroxylation is 3. The Labute approximate surface area is 181 Å². The Bertz CT molecular complexity index is 1040. The number of aromatic nitrogens is 1. The predicted molar refractivity (Wildman–Crippen MR) is 123 cm³/mol. The van der Waals surface area contributed by atoms with Crippen LogP contribution in [0.25, 0.3) is 11.3 Å². The van der Waals surface area contributed by atoms with E-state index in [1.54, 1.807) is 7.05 Å². The molecule has 0 aliphatic rings. The number of nitrogens with one attached hydrogen (secondary N) is 1. The minimum Gasteiger partial charge on any atom is -0.336 e. The van der Waals surface area contributed by atoms with Crippen LogP contribution in [-0.4, -0.2) is 35.3 Å². The lowest BCUT2D eigenvalue weighted by Gasteiger charge is -2.17. The molecule has 2 amide bonds. The Morgan fingerprint density at radius 2 is 1.77 bits per heavy atom. The van der Waals surface area contributed by atoms with E-state index in [1.807, 2.05) is 69.3 Å². The topological polar surface area (TPSA) is 62.3 Å². The van der Waals surface area contributed by atoms with Gasteiger partial charge < -0.3 is 10.2 Å². The van der Waals surface area contributed by atoms with E-state index in [-0.39, 0.29) is 24.8 Å². The van der Waals surface area contributed by atoms with E-state index in [0.29, 0.717) is 0 Å². The lowest BCUT2D eigenvalue weighted by molar-refractivity contribution is -0.132. The Hall–Kier alpha value is -2.99. The highest BCUT2D eigenvalue weighted by atomic mass is 32.1. The van der Waals surface area contributed by atoms with Gasteiger partial charge in [0, 0.05) is 23.2 Å². The number of hydrogen-bond donors (Lipinski definition) is 1. The molecule has 3 rings (SSSR count). The summed E-state index contributed by atoms with van der Waals surface area (Å²) in [6, 6.07) is 15.9. The fourth-order valence-electron chi connectivity index (χ4n) is 3.24. The van der Waals surface area contributed by atoms with Crippen molar-refractivity contribution in [3.63, 3.8) is 0 Å². The molecule has 0 saturated heterocycles. The van der Waals surface area contributed by atoms with Crippen LogP contribution in [0.4, 0.5) is 5.69 Å². The fraction of sp³-hybridized carbons (Fsp3) is 0.292. The van der Waals surface area contributed by atoms with Crippen LogP contribution in [0.2, 0.25) is 0 Å². The van der Waals surface area contributed by atoms with E-state index < -0.39 is 0 Å². The average Bonchev–Trinajstić information content (AvgIpc) is 3.08. The maximum Gasteiger partial charge on any atom is 0.243 e. The summed E-state index contributed by atoms with van der Waals surface area (Å²) >= 11 is 1.53. The first-order valence-electron chi connectivity index (χ1n) is 10.0. The molecule has 3 aromatic rings. The molecule has 0 aliphatic carbocycles. The van der Waals surface area contributed by atoms with Crippen LogP contribution in [0.5, 0.6) is 0 Å². The van der Waals surface area contributed by atoms with Crippen LogP contribution < -0.4 is 5.32 Å². The van der Waals surface area contributed by atoms with Gasteiger partial charge in [0.05, 0.1) is 23.7 Å². The van der Waals surface area contributed by atoms with E-state index in [2.05, 4.69) is 10.3 Å². The number of anilines is 1. The van der Waals surface area contributed by atoms with Gasteiger partial charge in [0.1, 0.15) is 0 Å². The number of rotatable bonds is 7. The fourth-order valence-corrected chi connectivity index (χ4v) is 4.19. The molecule has 5 nitrogen and oxygen atoms in total. The zero-order valence-corrected chi connectivity index (χ0v) is 18.7. The van der Waals surface area contributed by atoms with Crippen molar-refractivity contribution in [2.24, 2.45) is 0 Å². The Kier molecular flexibility index (Phi) is 7.00. The molecular weight excluding hydrogens is 394 g/mol. The average molecular weight is 422 g/mol. The molecule has 0 saturated carbocycles. The first-order valence-corrected chi connectivity index (χ1v) is 10.8. The summed E-state index contributed by atoms with van der Waals surface area (Å²) in [5.41, 5.74) is 4.90. The van der Waals surface area contributed by atoms with E-state index in [9.17, 15) is 9.59 Å². The van der Waals surface area contributed by atoms with Gasteiger partial charge >= 0.3 is 0 Å². The summed E-state index contributed by atoms with van der Waals surface area (Å²) < 4.78 is 0. The molecule has 1 aromatic heterocycles. The van der Waals surface area contributed by atoms with Crippen molar-refractivity contribution < 1.29 is 9.59 Å². The van der Waals surface area contributed by atoms with Gasteiger partial charge in [-0.05, 0) is 31.9 Å². The van der Waals surface area contributed by atoms with Crippen molar-refractivity contribution in [1.82, 2.24) is 9.88 Å². The molecule has 0 radical (unpaired) electrons. The van der Waals surface area contributed by atoms with Gasteiger partial charge in [-0.3, -0.25) is 9.59 Å². The maximum atomic E-state index is 12.8. The molecule has 0 unspecified atom stereocenters. The van der Waals surface area contributed by atoms with E-state index >= 15 is 0 Å². The third kappa shape index (κ3) is 5.33. The molecule has 0 bridgehead atoms. The quantitative estimate of drug-likeness (QED) is 0.605. The molecule has 0 fully saturated rings. The lowest BCUT2D eigenvalue weighted by Crippen LogP contribution is -2.35. The van der Waals surface area contributed by atoms with Crippen molar-refractivity contribution >= 4 is 28.8 Å². The van der Waals surface area contributed by atoms with Gasteiger partial charge in [0.15, 0.2) is 0 Å². The van der Waals surface area contributed by atoms with Crippen molar-refractivity contribution in [3.05, 3.63) is 69.5 Å². The SMILES string of the molecule is CCc1ccccc1NC(=O)CN(C)C(=O)Cc1sc(C)nc1-c1ccc(C)cc1. The molecule has 30 heavy (non-hydrogen) atoms. The zero-order chi connectivity index (χ0) is 21.7. The highest BCUT2D eigenvalue weighted by Crippen LogP contribution is 2.29. The van der Waals surface area contributed by atoms with Crippen molar-refractivity contribution in [1.29, 1.82) is 0 Å². The van der Waals surface area contributed by atoms with Gasteiger partial charge in [-0.15, -0.1) is 11.3 Å².